The first-order valence-electron chi connectivity index (χ1n) is 9.69. The minimum Gasteiger partial charge on any atom is -0.469 e. The van der Waals surface area contributed by atoms with E-state index in [-0.39, 0.29) is 5.97 Å². The van der Waals surface area contributed by atoms with Crippen molar-refractivity contribution in [2.45, 2.75) is 32.5 Å². The van der Waals surface area contributed by atoms with Gasteiger partial charge in [-0.2, -0.15) is 13.2 Å². The molecule has 0 amide bonds. The van der Waals surface area contributed by atoms with Crippen molar-refractivity contribution in [1.29, 1.82) is 0 Å². The third-order valence-electron chi connectivity index (χ3n) is 4.96. The average Bonchev–Trinajstić information content (AvgIpc) is 3.11. The first-order valence-corrected chi connectivity index (χ1v) is 10.5. The highest BCUT2D eigenvalue weighted by atomic mass is 32.1. The fourth-order valence-corrected chi connectivity index (χ4v) is 4.36. The van der Waals surface area contributed by atoms with Crippen molar-refractivity contribution >= 4 is 23.0 Å². The molecule has 3 aromatic rings. The van der Waals surface area contributed by atoms with E-state index in [1.165, 1.54) is 30.6 Å². The van der Waals surface area contributed by atoms with Gasteiger partial charge in [0, 0.05) is 29.6 Å². The van der Waals surface area contributed by atoms with E-state index < -0.39 is 11.7 Å². The predicted octanol–water partition coefficient (Wildman–Crippen LogP) is 5.88. The Morgan fingerprint density at radius 1 is 1.13 bits per heavy atom. The van der Waals surface area contributed by atoms with E-state index >= 15 is 0 Å². The number of hydrogen-bond acceptors (Lipinski definition) is 5. The Labute approximate surface area is 183 Å². The van der Waals surface area contributed by atoms with Crippen molar-refractivity contribution in [3.8, 4) is 10.6 Å². The van der Waals surface area contributed by atoms with Crippen LogP contribution in [0.4, 0.5) is 18.9 Å². The monoisotopic (exact) mass is 448 g/mol. The molecule has 0 saturated heterocycles. The summed E-state index contributed by atoms with van der Waals surface area (Å²) in [6.45, 7) is 2.50. The standard InChI is InChI=1S/C23H23F3N2O2S/c1-15-20(31-22(27-15)17-8-11-18(12-9-17)23(24,25)26)14-28(2)19-7-5-4-6-16(19)10-13-21(29)30-3/h4-9,11-12H,10,13-14H2,1-3H3. The fraction of sp³-hybridized carbons (Fsp3) is 0.304. The molecule has 0 radical (unpaired) electrons. The summed E-state index contributed by atoms with van der Waals surface area (Å²) in [6.07, 6.45) is -3.48. The third-order valence-corrected chi connectivity index (χ3v) is 6.15. The van der Waals surface area contributed by atoms with Crippen LogP contribution in [-0.4, -0.2) is 25.1 Å². The summed E-state index contributed by atoms with van der Waals surface area (Å²) < 4.78 is 43.1. The van der Waals surface area contributed by atoms with Gasteiger partial charge in [-0.1, -0.05) is 30.3 Å². The lowest BCUT2D eigenvalue weighted by atomic mass is 10.1. The topological polar surface area (TPSA) is 42.4 Å². The molecule has 0 aliphatic rings. The summed E-state index contributed by atoms with van der Waals surface area (Å²) in [5, 5.41) is 0.689. The van der Waals surface area contributed by atoms with Crippen LogP contribution in [-0.2, 0) is 28.7 Å². The molecule has 0 aliphatic heterocycles. The first-order chi connectivity index (χ1) is 14.7. The maximum Gasteiger partial charge on any atom is 0.416 e. The van der Waals surface area contributed by atoms with Gasteiger partial charge in [-0.25, -0.2) is 4.98 Å². The number of alkyl halides is 3. The molecule has 0 saturated carbocycles. The molecule has 1 heterocycles. The van der Waals surface area contributed by atoms with Crippen LogP contribution in [0.15, 0.2) is 48.5 Å². The van der Waals surface area contributed by atoms with Crippen LogP contribution in [0, 0.1) is 6.92 Å². The van der Waals surface area contributed by atoms with E-state index in [4.69, 9.17) is 4.74 Å². The number of anilines is 1. The number of carbonyl (C=O) groups excluding carboxylic acids is 1. The van der Waals surface area contributed by atoms with Gasteiger partial charge in [0.05, 0.1) is 24.9 Å². The summed E-state index contributed by atoms with van der Waals surface area (Å²) in [6, 6.07) is 12.9. The van der Waals surface area contributed by atoms with Crippen LogP contribution in [0.1, 0.15) is 28.1 Å². The maximum atomic E-state index is 12.8. The van der Waals surface area contributed by atoms with Gasteiger partial charge in [0.25, 0.3) is 0 Å². The molecule has 4 nitrogen and oxygen atoms in total. The lowest BCUT2D eigenvalue weighted by Crippen LogP contribution is -2.18. The molecule has 8 heteroatoms. The van der Waals surface area contributed by atoms with Crippen LogP contribution in [0.25, 0.3) is 10.6 Å². The van der Waals surface area contributed by atoms with Crippen molar-refractivity contribution in [2.24, 2.45) is 0 Å². The number of carbonyl (C=O) groups is 1. The van der Waals surface area contributed by atoms with Crippen LogP contribution in [0.5, 0.6) is 0 Å². The number of ether oxygens (including phenoxy) is 1. The minimum atomic E-state index is -4.35. The smallest absolute Gasteiger partial charge is 0.416 e. The summed E-state index contributed by atoms with van der Waals surface area (Å²) >= 11 is 1.47. The minimum absolute atomic E-state index is 0.253. The van der Waals surface area contributed by atoms with Crippen molar-refractivity contribution in [1.82, 2.24) is 4.98 Å². The Morgan fingerprint density at radius 3 is 2.45 bits per heavy atom. The van der Waals surface area contributed by atoms with Crippen molar-refractivity contribution in [3.05, 3.63) is 70.2 Å². The van der Waals surface area contributed by atoms with Gasteiger partial charge in [-0.3, -0.25) is 4.79 Å². The zero-order valence-electron chi connectivity index (χ0n) is 17.5. The van der Waals surface area contributed by atoms with Crippen LogP contribution in [0.2, 0.25) is 0 Å². The molecule has 0 unspecified atom stereocenters. The molecule has 0 fully saturated rings. The lowest BCUT2D eigenvalue weighted by Gasteiger charge is -2.22. The highest BCUT2D eigenvalue weighted by molar-refractivity contribution is 7.15. The Hall–Kier alpha value is -2.87. The molecule has 2 aromatic carbocycles. The first kappa shape index (κ1) is 22.8. The largest absolute Gasteiger partial charge is 0.469 e. The second-order valence-corrected chi connectivity index (χ2v) is 8.25. The average molecular weight is 449 g/mol. The number of hydrogen-bond donors (Lipinski definition) is 0. The van der Waals surface area contributed by atoms with Crippen LogP contribution >= 0.6 is 11.3 Å². The van der Waals surface area contributed by atoms with Gasteiger partial charge in [-0.05, 0) is 37.1 Å². The molecule has 0 spiro atoms. The molecular weight excluding hydrogens is 425 g/mol. The molecule has 3 rings (SSSR count). The Morgan fingerprint density at radius 2 is 1.81 bits per heavy atom. The van der Waals surface area contributed by atoms with Crippen LogP contribution in [0.3, 0.4) is 0 Å². The lowest BCUT2D eigenvalue weighted by molar-refractivity contribution is -0.140. The second kappa shape index (κ2) is 9.51. The fourth-order valence-electron chi connectivity index (χ4n) is 3.23. The number of para-hydroxylation sites is 1. The van der Waals surface area contributed by atoms with Gasteiger partial charge in [0.1, 0.15) is 5.01 Å². The second-order valence-electron chi connectivity index (χ2n) is 7.16. The highest BCUT2D eigenvalue weighted by Crippen LogP contribution is 2.34. The van der Waals surface area contributed by atoms with Gasteiger partial charge < -0.3 is 9.64 Å². The molecular formula is C23H23F3N2O2S. The Kier molecular flexibility index (Phi) is 7.00. The van der Waals surface area contributed by atoms with E-state index in [0.717, 1.165) is 34.0 Å². The number of benzene rings is 2. The van der Waals surface area contributed by atoms with Gasteiger partial charge in [0.2, 0.25) is 0 Å². The van der Waals surface area contributed by atoms with Gasteiger partial charge >= 0.3 is 12.1 Å². The summed E-state index contributed by atoms with van der Waals surface area (Å²) in [4.78, 5) is 19.2. The SMILES string of the molecule is COC(=O)CCc1ccccc1N(C)Cc1sc(-c2ccc(C(F)(F)F)cc2)nc1C. The number of aryl methyl sites for hydroxylation is 2. The molecule has 31 heavy (non-hydrogen) atoms. The van der Waals surface area contributed by atoms with Crippen molar-refractivity contribution in [3.63, 3.8) is 0 Å². The van der Waals surface area contributed by atoms with E-state index in [9.17, 15) is 18.0 Å². The Bertz CT molecular complexity index is 1050. The molecule has 164 valence electrons. The zero-order valence-corrected chi connectivity index (χ0v) is 18.3. The highest BCUT2D eigenvalue weighted by Gasteiger charge is 2.30. The number of methoxy groups -OCH3 is 1. The van der Waals surface area contributed by atoms with Crippen LogP contribution < -0.4 is 4.90 Å². The number of esters is 1. The van der Waals surface area contributed by atoms with Crippen molar-refractivity contribution in [2.75, 3.05) is 19.1 Å². The quantitative estimate of drug-likeness (QED) is 0.424. The third kappa shape index (κ3) is 5.64. The number of thiazole rings is 1. The molecule has 0 bridgehead atoms. The summed E-state index contributed by atoms with van der Waals surface area (Å²) in [5.41, 5.74) is 2.89. The predicted molar refractivity (Wildman–Crippen MR) is 116 cm³/mol. The summed E-state index contributed by atoms with van der Waals surface area (Å²) in [7, 11) is 3.34. The molecule has 0 aliphatic carbocycles. The van der Waals surface area contributed by atoms with E-state index in [1.807, 2.05) is 38.2 Å². The number of rotatable bonds is 7. The van der Waals surface area contributed by atoms with Gasteiger partial charge in [-0.15, -0.1) is 11.3 Å². The zero-order chi connectivity index (χ0) is 22.6. The van der Waals surface area contributed by atoms with E-state index in [2.05, 4.69) is 9.88 Å². The summed E-state index contributed by atoms with van der Waals surface area (Å²) in [5.74, 6) is -0.253. The van der Waals surface area contributed by atoms with E-state index in [0.29, 0.717) is 30.0 Å². The molecule has 0 N–H and O–H groups in total. The number of aromatic nitrogens is 1. The van der Waals surface area contributed by atoms with Crippen molar-refractivity contribution < 1.29 is 22.7 Å². The van der Waals surface area contributed by atoms with Gasteiger partial charge in [0.15, 0.2) is 0 Å². The number of halogens is 3. The maximum absolute atomic E-state index is 12.8. The molecule has 0 atom stereocenters. The molecule has 1 aromatic heterocycles. The Balaban J connectivity index is 1.77. The van der Waals surface area contributed by atoms with E-state index in [1.54, 1.807) is 0 Å². The number of nitrogens with zero attached hydrogens (tertiary/aromatic N) is 2. The normalized spacial score (nSPS) is 11.4.